The van der Waals surface area contributed by atoms with E-state index in [1.54, 1.807) is 18.2 Å². The number of hydrogen-bond donors (Lipinski definition) is 2. The molecule has 0 aliphatic carbocycles. The highest BCUT2D eigenvalue weighted by Crippen LogP contribution is 2.30. The highest BCUT2D eigenvalue weighted by atomic mass is 79.9. The molecule has 0 saturated heterocycles. The Hall–Kier alpha value is -2.41. The lowest BCUT2D eigenvalue weighted by molar-refractivity contribution is -0.118. The van der Waals surface area contributed by atoms with Crippen molar-refractivity contribution in [3.8, 4) is 5.75 Å². The average Bonchev–Trinajstić information content (AvgIpc) is 2.49. The van der Waals surface area contributed by atoms with Crippen LogP contribution in [0.4, 0.5) is 15.8 Å². The van der Waals surface area contributed by atoms with Crippen LogP contribution >= 0.6 is 15.9 Å². The Kier molecular flexibility index (Phi) is 3.81. The fourth-order valence-corrected chi connectivity index (χ4v) is 2.38. The van der Waals surface area contributed by atoms with E-state index in [2.05, 4.69) is 26.6 Å². The Morgan fingerprint density at radius 1 is 1.27 bits per heavy atom. The van der Waals surface area contributed by atoms with E-state index >= 15 is 0 Å². The van der Waals surface area contributed by atoms with Crippen LogP contribution in [0.25, 0.3) is 0 Å². The Morgan fingerprint density at radius 3 is 2.86 bits per heavy atom. The molecule has 2 aromatic carbocycles. The molecule has 1 aliphatic heterocycles. The van der Waals surface area contributed by atoms with Crippen LogP contribution in [0.3, 0.4) is 0 Å². The first-order valence-electron chi connectivity index (χ1n) is 6.36. The van der Waals surface area contributed by atoms with Gasteiger partial charge in [-0.3, -0.25) is 9.59 Å². The minimum Gasteiger partial charge on any atom is -0.482 e. The van der Waals surface area contributed by atoms with Crippen LogP contribution in [0.5, 0.6) is 5.75 Å². The number of carbonyl (C=O) groups is 2. The summed E-state index contributed by atoms with van der Waals surface area (Å²) < 4.78 is 18.6. The fourth-order valence-electron chi connectivity index (χ4n) is 2.00. The predicted molar refractivity (Wildman–Crippen MR) is 82.6 cm³/mol. The van der Waals surface area contributed by atoms with Gasteiger partial charge in [-0.05, 0) is 52.3 Å². The van der Waals surface area contributed by atoms with Gasteiger partial charge in [-0.15, -0.1) is 0 Å². The van der Waals surface area contributed by atoms with Crippen molar-refractivity contribution in [2.75, 3.05) is 17.2 Å². The molecule has 0 aromatic heterocycles. The summed E-state index contributed by atoms with van der Waals surface area (Å²) in [7, 11) is 0. The molecule has 0 saturated carbocycles. The number of nitrogens with one attached hydrogen (secondary N) is 2. The molecule has 1 aliphatic rings. The molecule has 0 atom stereocenters. The molecule has 2 aromatic rings. The van der Waals surface area contributed by atoms with Gasteiger partial charge in [0, 0.05) is 11.3 Å². The first-order chi connectivity index (χ1) is 10.5. The third-order valence-electron chi connectivity index (χ3n) is 3.05. The van der Waals surface area contributed by atoms with E-state index in [-0.39, 0.29) is 22.9 Å². The van der Waals surface area contributed by atoms with Crippen LogP contribution in [0.15, 0.2) is 40.9 Å². The number of anilines is 2. The molecule has 2 amide bonds. The van der Waals surface area contributed by atoms with Crippen molar-refractivity contribution in [1.82, 2.24) is 0 Å². The van der Waals surface area contributed by atoms with Gasteiger partial charge in [0.15, 0.2) is 6.61 Å². The zero-order valence-corrected chi connectivity index (χ0v) is 12.7. The first kappa shape index (κ1) is 14.5. The Balaban J connectivity index is 1.80. The SMILES string of the molecule is O=C1COc2ccc(NC(=O)c3ccc(F)c(Br)c3)cc2N1. The summed E-state index contributed by atoms with van der Waals surface area (Å²) in [5.41, 5.74) is 1.30. The number of hydrogen-bond acceptors (Lipinski definition) is 3. The standard InChI is InChI=1S/C15H10BrFN2O3/c16-10-5-8(1-3-11(10)17)15(21)18-9-2-4-13-12(6-9)19-14(20)7-22-13/h1-6H,7H2,(H,18,21)(H,19,20). The zero-order valence-electron chi connectivity index (χ0n) is 11.2. The van der Waals surface area contributed by atoms with Crippen LogP contribution in [-0.4, -0.2) is 18.4 Å². The van der Waals surface area contributed by atoms with E-state index in [0.717, 1.165) is 0 Å². The smallest absolute Gasteiger partial charge is 0.262 e. The van der Waals surface area contributed by atoms with E-state index in [1.807, 2.05) is 0 Å². The lowest BCUT2D eigenvalue weighted by Gasteiger charge is -2.18. The molecule has 3 rings (SSSR count). The summed E-state index contributed by atoms with van der Waals surface area (Å²) >= 11 is 3.04. The number of benzene rings is 2. The maximum atomic E-state index is 13.2. The van der Waals surface area contributed by atoms with Crippen molar-refractivity contribution in [2.45, 2.75) is 0 Å². The summed E-state index contributed by atoms with van der Waals surface area (Å²) in [6.45, 7) is -0.0255. The van der Waals surface area contributed by atoms with Gasteiger partial charge in [0.1, 0.15) is 11.6 Å². The second-order valence-electron chi connectivity index (χ2n) is 4.63. The molecule has 112 valence electrons. The average molecular weight is 365 g/mol. The van der Waals surface area contributed by atoms with E-state index in [0.29, 0.717) is 22.7 Å². The van der Waals surface area contributed by atoms with Gasteiger partial charge in [0.05, 0.1) is 10.2 Å². The molecule has 5 nitrogen and oxygen atoms in total. The van der Waals surface area contributed by atoms with Crippen molar-refractivity contribution < 1.29 is 18.7 Å². The Bertz CT molecular complexity index is 779. The van der Waals surface area contributed by atoms with E-state index in [1.165, 1.54) is 18.2 Å². The predicted octanol–water partition coefficient (Wildman–Crippen LogP) is 3.17. The fraction of sp³-hybridized carbons (Fsp3) is 0.0667. The van der Waals surface area contributed by atoms with E-state index in [4.69, 9.17) is 4.74 Å². The summed E-state index contributed by atoms with van der Waals surface area (Å²) in [6, 6.07) is 8.91. The Labute approximate surface area is 133 Å². The lowest BCUT2D eigenvalue weighted by Crippen LogP contribution is -2.25. The summed E-state index contributed by atoms with van der Waals surface area (Å²) in [4.78, 5) is 23.4. The monoisotopic (exact) mass is 364 g/mol. The highest BCUT2D eigenvalue weighted by Gasteiger charge is 2.17. The van der Waals surface area contributed by atoms with Gasteiger partial charge in [-0.2, -0.15) is 0 Å². The van der Waals surface area contributed by atoms with Crippen LogP contribution in [0.1, 0.15) is 10.4 Å². The van der Waals surface area contributed by atoms with Crippen molar-refractivity contribution >= 4 is 39.1 Å². The Morgan fingerprint density at radius 2 is 2.09 bits per heavy atom. The number of rotatable bonds is 2. The molecule has 0 radical (unpaired) electrons. The summed E-state index contributed by atoms with van der Waals surface area (Å²) in [5, 5.41) is 5.34. The number of amides is 2. The normalized spacial score (nSPS) is 12.9. The topological polar surface area (TPSA) is 67.4 Å². The second kappa shape index (κ2) is 5.76. The van der Waals surface area contributed by atoms with Crippen molar-refractivity contribution in [3.63, 3.8) is 0 Å². The van der Waals surface area contributed by atoms with Gasteiger partial charge in [0.25, 0.3) is 11.8 Å². The van der Waals surface area contributed by atoms with Gasteiger partial charge in [-0.25, -0.2) is 4.39 Å². The molecule has 0 bridgehead atoms. The molecule has 22 heavy (non-hydrogen) atoms. The third kappa shape index (κ3) is 2.94. The maximum absolute atomic E-state index is 13.2. The van der Waals surface area contributed by atoms with Crippen LogP contribution in [-0.2, 0) is 4.79 Å². The molecule has 0 unspecified atom stereocenters. The van der Waals surface area contributed by atoms with Crippen molar-refractivity contribution in [1.29, 1.82) is 0 Å². The molecule has 1 heterocycles. The lowest BCUT2D eigenvalue weighted by atomic mass is 10.2. The largest absolute Gasteiger partial charge is 0.482 e. The number of fused-ring (bicyclic) bond motifs is 1. The maximum Gasteiger partial charge on any atom is 0.262 e. The van der Waals surface area contributed by atoms with E-state index < -0.39 is 5.82 Å². The van der Waals surface area contributed by atoms with Crippen molar-refractivity contribution in [2.24, 2.45) is 0 Å². The molecule has 0 spiro atoms. The van der Waals surface area contributed by atoms with Crippen molar-refractivity contribution in [3.05, 3.63) is 52.3 Å². The summed E-state index contributed by atoms with van der Waals surface area (Å²) in [5.74, 6) is -0.533. The van der Waals surface area contributed by atoms with Gasteiger partial charge in [-0.1, -0.05) is 0 Å². The quantitative estimate of drug-likeness (QED) is 0.859. The minimum absolute atomic E-state index is 0.0255. The molecular formula is C15H10BrFN2O3. The van der Waals surface area contributed by atoms with Crippen LogP contribution < -0.4 is 15.4 Å². The first-order valence-corrected chi connectivity index (χ1v) is 7.15. The number of carbonyl (C=O) groups excluding carboxylic acids is 2. The third-order valence-corrected chi connectivity index (χ3v) is 3.66. The number of halogens is 2. The van der Waals surface area contributed by atoms with E-state index in [9.17, 15) is 14.0 Å². The van der Waals surface area contributed by atoms with Crippen LogP contribution in [0.2, 0.25) is 0 Å². The molecule has 7 heteroatoms. The van der Waals surface area contributed by atoms with Gasteiger partial charge >= 0.3 is 0 Å². The number of ether oxygens (including phenoxy) is 1. The van der Waals surface area contributed by atoms with Gasteiger partial charge < -0.3 is 15.4 Å². The summed E-state index contributed by atoms with van der Waals surface area (Å²) in [6.07, 6.45) is 0. The molecule has 2 N–H and O–H groups in total. The van der Waals surface area contributed by atoms with Crippen LogP contribution in [0, 0.1) is 5.82 Å². The molecular weight excluding hydrogens is 355 g/mol. The highest BCUT2D eigenvalue weighted by molar-refractivity contribution is 9.10. The zero-order chi connectivity index (χ0) is 15.7. The van der Waals surface area contributed by atoms with Gasteiger partial charge in [0.2, 0.25) is 0 Å². The second-order valence-corrected chi connectivity index (χ2v) is 5.49. The minimum atomic E-state index is -0.440. The molecule has 0 fully saturated rings.